The molecule has 132 valence electrons. The zero-order valence-electron chi connectivity index (χ0n) is 14.8. The first-order valence-electron chi connectivity index (χ1n) is 8.60. The summed E-state index contributed by atoms with van der Waals surface area (Å²) in [6.07, 6.45) is 0. The molecular weight excluding hydrogens is 316 g/mol. The van der Waals surface area contributed by atoms with Gasteiger partial charge in [0.1, 0.15) is 6.54 Å². The molecule has 1 heterocycles. The number of nitrogens with zero attached hydrogens (tertiary/aromatic N) is 1. The summed E-state index contributed by atoms with van der Waals surface area (Å²) in [7, 11) is 3.17. The molecule has 1 saturated heterocycles. The van der Waals surface area contributed by atoms with E-state index in [1.54, 1.807) is 32.4 Å². The van der Waals surface area contributed by atoms with E-state index in [0.717, 1.165) is 32.7 Å². The molecule has 0 unspecified atom stereocenters. The van der Waals surface area contributed by atoms with Gasteiger partial charge in [-0.25, -0.2) is 0 Å². The smallest absolute Gasteiger partial charge is 0.254 e. The first kappa shape index (κ1) is 17.3. The molecule has 3 rings (SSSR count). The summed E-state index contributed by atoms with van der Waals surface area (Å²) in [4.78, 5) is 16.2. The molecule has 0 saturated carbocycles. The van der Waals surface area contributed by atoms with Crippen LogP contribution < -0.4 is 14.4 Å². The van der Waals surface area contributed by atoms with Gasteiger partial charge in [-0.3, -0.25) is 4.79 Å². The molecule has 1 aliphatic rings. The number of nitrogens with one attached hydrogen (secondary N) is 1. The van der Waals surface area contributed by atoms with Gasteiger partial charge in [-0.2, -0.15) is 0 Å². The summed E-state index contributed by atoms with van der Waals surface area (Å²) in [5, 5.41) is 0. The zero-order chi connectivity index (χ0) is 17.6. The first-order chi connectivity index (χ1) is 12.2. The molecule has 1 aliphatic heterocycles. The van der Waals surface area contributed by atoms with Crippen molar-refractivity contribution >= 4 is 5.91 Å². The molecule has 0 aromatic heterocycles. The number of carbonyl (C=O) groups excluding carboxylic acids is 1. The van der Waals surface area contributed by atoms with E-state index in [4.69, 9.17) is 9.47 Å². The van der Waals surface area contributed by atoms with Crippen molar-refractivity contribution in [1.82, 2.24) is 4.90 Å². The summed E-state index contributed by atoms with van der Waals surface area (Å²) < 4.78 is 10.5. The Balaban J connectivity index is 1.60. The molecule has 25 heavy (non-hydrogen) atoms. The van der Waals surface area contributed by atoms with Crippen molar-refractivity contribution < 1.29 is 19.2 Å². The fraction of sp³-hybridized carbons (Fsp3) is 0.350. The van der Waals surface area contributed by atoms with Crippen LogP contribution >= 0.6 is 0 Å². The van der Waals surface area contributed by atoms with Crippen LogP contribution in [0.3, 0.4) is 0 Å². The third kappa shape index (κ3) is 4.12. The number of methoxy groups -OCH3 is 2. The third-order valence-corrected chi connectivity index (χ3v) is 4.69. The Morgan fingerprint density at radius 2 is 1.68 bits per heavy atom. The standard InChI is InChI=1S/C20H24N2O3/c1-24-18-9-8-17(14-19(18)25-2)20(23)22-12-10-21(11-13-22)15-16-6-4-3-5-7-16/h3-9,14H,10-13,15H2,1-2H3/p+1. The highest BCUT2D eigenvalue weighted by Crippen LogP contribution is 2.28. The van der Waals surface area contributed by atoms with Crippen molar-refractivity contribution in [1.29, 1.82) is 0 Å². The highest BCUT2D eigenvalue weighted by atomic mass is 16.5. The van der Waals surface area contributed by atoms with Gasteiger partial charge in [-0.05, 0) is 18.2 Å². The van der Waals surface area contributed by atoms with Gasteiger partial charge in [-0.1, -0.05) is 30.3 Å². The van der Waals surface area contributed by atoms with Crippen molar-refractivity contribution in [2.75, 3.05) is 40.4 Å². The van der Waals surface area contributed by atoms with Crippen LogP contribution in [0, 0.1) is 0 Å². The first-order valence-corrected chi connectivity index (χ1v) is 8.60. The number of amides is 1. The number of quaternary nitrogens is 1. The number of hydrogen-bond donors (Lipinski definition) is 1. The van der Waals surface area contributed by atoms with E-state index in [1.165, 1.54) is 10.5 Å². The largest absolute Gasteiger partial charge is 0.493 e. The van der Waals surface area contributed by atoms with Crippen molar-refractivity contribution in [2.45, 2.75) is 6.54 Å². The van der Waals surface area contributed by atoms with Gasteiger partial charge in [0, 0.05) is 11.1 Å². The van der Waals surface area contributed by atoms with E-state index in [-0.39, 0.29) is 5.91 Å². The number of benzene rings is 2. The third-order valence-electron chi connectivity index (χ3n) is 4.69. The van der Waals surface area contributed by atoms with Crippen LogP contribution in [0.2, 0.25) is 0 Å². The molecule has 0 bridgehead atoms. The van der Waals surface area contributed by atoms with E-state index in [0.29, 0.717) is 17.1 Å². The number of ether oxygens (including phenoxy) is 2. The second kappa shape index (κ2) is 8.03. The summed E-state index contributed by atoms with van der Waals surface area (Å²) in [6, 6.07) is 15.8. The van der Waals surface area contributed by atoms with E-state index in [1.807, 2.05) is 11.0 Å². The molecular formula is C20H25N2O3+. The molecule has 0 aliphatic carbocycles. The second-order valence-corrected chi connectivity index (χ2v) is 6.27. The molecule has 0 spiro atoms. The molecule has 5 heteroatoms. The minimum Gasteiger partial charge on any atom is -0.493 e. The van der Waals surface area contributed by atoms with Crippen molar-refractivity contribution in [3.8, 4) is 11.5 Å². The molecule has 1 N–H and O–H groups in total. The van der Waals surface area contributed by atoms with Crippen molar-refractivity contribution in [3.63, 3.8) is 0 Å². The van der Waals surface area contributed by atoms with Gasteiger partial charge < -0.3 is 19.3 Å². The van der Waals surface area contributed by atoms with Gasteiger partial charge in [0.2, 0.25) is 0 Å². The predicted molar refractivity (Wildman–Crippen MR) is 96.3 cm³/mol. The van der Waals surface area contributed by atoms with Crippen LogP contribution in [0.15, 0.2) is 48.5 Å². The monoisotopic (exact) mass is 341 g/mol. The van der Waals surface area contributed by atoms with E-state index in [9.17, 15) is 4.79 Å². The maximum Gasteiger partial charge on any atom is 0.254 e. The van der Waals surface area contributed by atoms with E-state index < -0.39 is 0 Å². The van der Waals surface area contributed by atoms with Crippen molar-refractivity contribution in [3.05, 3.63) is 59.7 Å². The molecule has 0 atom stereocenters. The zero-order valence-corrected chi connectivity index (χ0v) is 14.8. The van der Waals surface area contributed by atoms with Crippen LogP contribution in [-0.4, -0.2) is 51.2 Å². The van der Waals surface area contributed by atoms with Gasteiger partial charge >= 0.3 is 0 Å². The normalized spacial score (nSPS) is 15.0. The van der Waals surface area contributed by atoms with Gasteiger partial charge in [0.05, 0.1) is 40.4 Å². The van der Waals surface area contributed by atoms with Gasteiger partial charge in [-0.15, -0.1) is 0 Å². The Bertz CT molecular complexity index is 710. The summed E-state index contributed by atoms with van der Waals surface area (Å²) in [6.45, 7) is 4.49. The lowest BCUT2D eigenvalue weighted by atomic mass is 10.1. The molecule has 2 aromatic rings. The quantitative estimate of drug-likeness (QED) is 0.890. The second-order valence-electron chi connectivity index (χ2n) is 6.27. The molecule has 0 radical (unpaired) electrons. The maximum atomic E-state index is 12.8. The molecule has 5 nitrogen and oxygen atoms in total. The fourth-order valence-corrected chi connectivity index (χ4v) is 3.24. The Labute approximate surface area is 148 Å². The van der Waals surface area contributed by atoms with E-state index in [2.05, 4.69) is 24.3 Å². The molecule has 1 fully saturated rings. The minimum absolute atomic E-state index is 0.0553. The van der Waals surface area contributed by atoms with Crippen LogP contribution in [0.5, 0.6) is 11.5 Å². The Morgan fingerprint density at radius 1 is 1.00 bits per heavy atom. The fourth-order valence-electron chi connectivity index (χ4n) is 3.24. The van der Waals surface area contributed by atoms with Crippen LogP contribution in [0.1, 0.15) is 15.9 Å². The lowest BCUT2D eigenvalue weighted by Gasteiger charge is -2.32. The predicted octanol–water partition coefficient (Wildman–Crippen LogP) is 1.24. The lowest BCUT2D eigenvalue weighted by molar-refractivity contribution is -0.917. The topological polar surface area (TPSA) is 43.2 Å². The van der Waals surface area contributed by atoms with Crippen LogP contribution in [0.4, 0.5) is 0 Å². The van der Waals surface area contributed by atoms with E-state index >= 15 is 0 Å². The molecule has 2 aromatic carbocycles. The average Bonchev–Trinajstić information content (AvgIpc) is 2.68. The highest BCUT2D eigenvalue weighted by molar-refractivity contribution is 5.95. The van der Waals surface area contributed by atoms with Gasteiger partial charge in [0.25, 0.3) is 5.91 Å². The Morgan fingerprint density at radius 3 is 2.32 bits per heavy atom. The summed E-state index contributed by atoms with van der Waals surface area (Å²) in [5.74, 6) is 1.28. The van der Waals surface area contributed by atoms with Crippen molar-refractivity contribution in [2.24, 2.45) is 0 Å². The van der Waals surface area contributed by atoms with Crippen LogP contribution in [-0.2, 0) is 6.54 Å². The van der Waals surface area contributed by atoms with Gasteiger partial charge in [0.15, 0.2) is 11.5 Å². The number of carbonyl (C=O) groups is 1. The van der Waals surface area contributed by atoms with Crippen LogP contribution in [0.25, 0.3) is 0 Å². The highest BCUT2D eigenvalue weighted by Gasteiger charge is 2.25. The number of piperazine rings is 1. The average molecular weight is 341 g/mol. The number of rotatable bonds is 5. The Kier molecular flexibility index (Phi) is 5.56. The minimum atomic E-state index is 0.0553. The molecule has 1 amide bonds. The number of hydrogen-bond acceptors (Lipinski definition) is 3. The maximum absolute atomic E-state index is 12.8. The summed E-state index contributed by atoms with van der Waals surface area (Å²) >= 11 is 0. The Hall–Kier alpha value is -2.53. The lowest BCUT2D eigenvalue weighted by Crippen LogP contribution is -3.13. The SMILES string of the molecule is COc1ccc(C(=O)N2CC[NH+](Cc3ccccc3)CC2)cc1OC. The summed E-state index contributed by atoms with van der Waals surface area (Å²) in [5.41, 5.74) is 1.99.